The molecule has 1 heterocycles. The van der Waals surface area contributed by atoms with Gasteiger partial charge in [0.1, 0.15) is 5.75 Å². The van der Waals surface area contributed by atoms with E-state index in [4.69, 9.17) is 9.47 Å². The molecule has 1 N–H and O–H groups in total. The van der Waals surface area contributed by atoms with Crippen LogP contribution < -0.4 is 10.1 Å². The van der Waals surface area contributed by atoms with Crippen molar-refractivity contribution in [3.63, 3.8) is 0 Å². The predicted molar refractivity (Wildman–Crippen MR) is 149 cm³/mol. The van der Waals surface area contributed by atoms with Gasteiger partial charge in [-0.15, -0.1) is 0 Å². The van der Waals surface area contributed by atoms with E-state index in [0.717, 1.165) is 49.7 Å². The van der Waals surface area contributed by atoms with Crippen LogP contribution in [0.1, 0.15) is 55.7 Å². The summed E-state index contributed by atoms with van der Waals surface area (Å²) < 4.78 is 50.8. The van der Waals surface area contributed by atoms with E-state index >= 15 is 0 Å². The summed E-state index contributed by atoms with van der Waals surface area (Å²) in [6.45, 7) is 4.29. The minimum absolute atomic E-state index is 0.110. The van der Waals surface area contributed by atoms with Crippen LogP contribution in [0.5, 0.6) is 5.75 Å². The van der Waals surface area contributed by atoms with Crippen LogP contribution in [-0.2, 0) is 25.9 Å². The lowest BCUT2D eigenvalue weighted by Gasteiger charge is -2.55. The molecule has 1 aliphatic heterocycles. The summed E-state index contributed by atoms with van der Waals surface area (Å²) in [5.41, 5.74) is 0.299. The maximum Gasteiger partial charge on any atom is 0.416 e. The fraction of sp³-hybridized carbons (Fsp3) is 0.500. The van der Waals surface area contributed by atoms with Crippen molar-refractivity contribution in [3.05, 3.63) is 71.3 Å². The Balaban J connectivity index is 1.38. The fourth-order valence-corrected chi connectivity index (χ4v) is 6.74. The van der Waals surface area contributed by atoms with Gasteiger partial charge in [-0.25, -0.2) is 0 Å². The van der Waals surface area contributed by atoms with Crippen LogP contribution in [0, 0.1) is 11.8 Å². The van der Waals surface area contributed by atoms with Crippen LogP contribution in [0.3, 0.4) is 0 Å². The second kappa shape index (κ2) is 12.0. The quantitative estimate of drug-likeness (QED) is 0.254. The Kier molecular flexibility index (Phi) is 8.57. The van der Waals surface area contributed by atoms with Gasteiger partial charge in [0.2, 0.25) is 5.91 Å². The van der Waals surface area contributed by atoms with E-state index in [2.05, 4.69) is 16.3 Å². The molecule has 3 fully saturated rings. The Labute approximate surface area is 238 Å². The molecule has 2 saturated carbocycles. The monoisotopic (exact) mass is 570 g/mol. The molecular formula is C32H37F3N2O4. The number of ether oxygens (including phenoxy) is 2. The van der Waals surface area contributed by atoms with Crippen LogP contribution in [-0.4, -0.2) is 55.7 Å². The SMILES string of the molecule is COC1CC(NC(=O)/C=C/c2cccc(C(F)(F)F)c2)CC2(c3cccc(OC(C)=O)c3)CCN(CC3CC3)CC12. The number of nitrogens with zero attached hydrogens (tertiary/aromatic N) is 1. The normalized spacial score (nSPS) is 26.9. The summed E-state index contributed by atoms with van der Waals surface area (Å²) in [4.78, 5) is 27.2. The van der Waals surface area contributed by atoms with Gasteiger partial charge in [0.25, 0.3) is 0 Å². The van der Waals surface area contributed by atoms with Crippen LogP contribution in [0.4, 0.5) is 13.2 Å². The molecular weight excluding hydrogens is 533 g/mol. The summed E-state index contributed by atoms with van der Waals surface area (Å²) in [6, 6.07) is 12.4. The number of amides is 1. The minimum Gasteiger partial charge on any atom is -0.427 e. The number of carbonyl (C=O) groups excluding carboxylic acids is 2. The Hall–Kier alpha value is -3.17. The average molecular weight is 571 g/mol. The highest BCUT2D eigenvalue weighted by molar-refractivity contribution is 5.92. The number of carbonyl (C=O) groups is 2. The number of methoxy groups -OCH3 is 1. The van der Waals surface area contributed by atoms with E-state index in [1.54, 1.807) is 13.2 Å². The zero-order valence-electron chi connectivity index (χ0n) is 23.5. The van der Waals surface area contributed by atoms with Crippen molar-refractivity contribution in [1.82, 2.24) is 10.2 Å². The lowest BCUT2D eigenvalue weighted by molar-refractivity contribution is -0.137. The van der Waals surface area contributed by atoms with Gasteiger partial charge in [0.05, 0.1) is 11.7 Å². The third-order valence-corrected chi connectivity index (χ3v) is 8.79. The molecule has 2 aliphatic carbocycles. The number of likely N-dealkylation sites (tertiary alicyclic amines) is 1. The number of alkyl halides is 3. The van der Waals surface area contributed by atoms with Crippen molar-refractivity contribution >= 4 is 18.0 Å². The fourth-order valence-electron chi connectivity index (χ4n) is 6.74. The summed E-state index contributed by atoms with van der Waals surface area (Å²) in [5, 5.41) is 3.10. The number of fused-ring (bicyclic) bond motifs is 1. The molecule has 4 atom stereocenters. The number of nitrogens with one attached hydrogen (secondary N) is 1. The topological polar surface area (TPSA) is 67.9 Å². The Bertz CT molecular complexity index is 1290. The van der Waals surface area contributed by atoms with Crippen molar-refractivity contribution in [3.8, 4) is 5.75 Å². The largest absolute Gasteiger partial charge is 0.427 e. The molecule has 1 amide bonds. The molecule has 4 unspecified atom stereocenters. The van der Waals surface area contributed by atoms with Crippen molar-refractivity contribution in [2.24, 2.45) is 11.8 Å². The molecule has 3 aliphatic rings. The van der Waals surface area contributed by atoms with Crippen molar-refractivity contribution in [2.75, 3.05) is 26.7 Å². The van der Waals surface area contributed by atoms with Gasteiger partial charge in [-0.1, -0.05) is 24.3 Å². The standard InChI is InChI=1S/C32H37F3N2O4/c1-21(38)41-27-8-4-6-24(16-27)31-13-14-37(19-23-9-10-23)20-28(31)29(40-2)17-26(18-31)36-30(39)12-11-22-5-3-7-25(15-22)32(33,34)35/h3-8,11-12,15-16,23,26,28-29H,9-10,13-14,17-20H2,1-2H3,(H,36,39)/b12-11+. The van der Waals surface area contributed by atoms with Crippen molar-refractivity contribution < 1.29 is 32.2 Å². The number of hydrogen-bond donors (Lipinski definition) is 1. The van der Waals surface area contributed by atoms with Crippen LogP contribution >= 0.6 is 0 Å². The molecule has 0 spiro atoms. The molecule has 2 aromatic carbocycles. The maximum absolute atomic E-state index is 13.1. The number of halogens is 3. The first-order valence-electron chi connectivity index (χ1n) is 14.3. The van der Waals surface area contributed by atoms with E-state index in [-0.39, 0.29) is 35.4 Å². The molecule has 0 radical (unpaired) electrons. The number of hydrogen-bond acceptors (Lipinski definition) is 5. The first kappa shape index (κ1) is 29.3. The van der Waals surface area contributed by atoms with Gasteiger partial charge < -0.3 is 19.7 Å². The summed E-state index contributed by atoms with van der Waals surface area (Å²) in [5.74, 6) is 0.700. The van der Waals surface area contributed by atoms with Gasteiger partial charge in [0, 0.05) is 50.6 Å². The molecule has 1 saturated heterocycles. The predicted octanol–water partition coefficient (Wildman–Crippen LogP) is 5.61. The highest BCUT2D eigenvalue weighted by Gasteiger charge is 2.53. The first-order chi connectivity index (χ1) is 19.6. The highest BCUT2D eigenvalue weighted by Crippen LogP contribution is 2.51. The zero-order chi connectivity index (χ0) is 29.2. The molecule has 0 bridgehead atoms. The van der Waals surface area contributed by atoms with Crippen LogP contribution in [0.25, 0.3) is 6.08 Å². The molecule has 6 nitrogen and oxygen atoms in total. The minimum atomic E-state index is -4.45. The number of benzene rings is 2. The summed E-state index contributed by atoms with van der Waals surface area (Å²) in [7, 11) is 1.71. The van der Waals surface area contributed by atoms with Crippen molar-refractivity contribution in [2.45, 2.75) is 62.8 Å². The Morgan fingerprint density at radius 1 is 1.15 bits per heavy atom. The van der Waals surface area contributed by atoms with Crippen LogP contribution in [0.15, 0.2) is 54.6 Å². The highest BCUT2D eigenvalue weighted by atomic mass is 19.4. The smallest absolute Gasteiger partial charge is 0.416 e. The van der Waals surface area contributed by atoms with E-state index in [9.17, 15) is 22.8 Å². The lowest BCUT2D eigenvalue weighted by Crippen LogP contribution is -2.61. The first-order valence-corrected chi connectivity index (χ1v) is 14.3. The van der Waals surface area contributed by atoms with Gasteiger partial charge in [-0.3, -0.25) is 9.59 Å². The van der Waals surface area contributed by atoms with Gasteiger partial charge >= 0.3 is 12.1 Å². The zero-order valence-corrected chi connectivity index (χ0v) is 23.5. The average Bonchev–Trinajstić information content (AvgIpc) is 3.75. The number of rotatable bonds is 8. The molecule has 9 heteroatoms. The molecule has 220 valence electrons. The molecule has 0 aromatic heterocycles. The van der Waals surface area contributed by atoms with E-state index in [1.165, 1.54) is 44.1 Å². The number of esters is 1. The molecule has 41 heavy (non-hydrogen) atoms. The molecule has 2 aromatic rings. The Morgan fingerprint density at radius 2 is 1.93 bits per heavy atom. The summed E-state index contributed by atoms with van der Waals surface area (Å²) >= 11 is 0. The van der Waals surface area contributed by atoms with Gasteiger partial charge in [0.15, 0.2) is 0 Å². The van der Waals surface area contributed by atoms with Gasteiger partial charge in [-0.05, 0) is 86.0 Å². The third kappa shape index (κ3) is 7.01. The third-order valence-electron chi connectivity index (χ3n) is 8.79. The number of piperidine rings is 1. The van der Waals surface area contributed by atoms with E-state index in [1.807, 2.05) is 12.1 Å². The molecule has 5 rings (SSSR count). The van der Waals surface area contributed by atoms with E-state index in [0.29, 0.717) is 24.2 Å². The summed E-state index contributed by atoms with van der Waals surface area (Å²) in [6.07, 6.45) is 2.89. The van der Waals surface area contributed by atoms with Crippen molar-refractivity contribution in [1.29, 1.82) is 0 Å². The second-order valence-corrected chi connectivity index (χ2v) is 11.7. The van der Waals surface area contributed by atoms with Gasteiger partial charge in [-0.2, -0.15) is 13.2 Å². The van der Waals surface area contributed by atoms with Crippen LogP contribution in [0.2, 0.25) is 0 Å². The second-order valence-electron chi connectivity index (χ2n) is 11.7. The lowest BCUT2D eigenvalue weighted by atomic mass is 9.57. The Morgan fingerprint density at radius 3 is 2.63 bits per heavy atom. The van der Waals surface area contributed by atoms with E-state index < -0.39 is 11.7 Å². The maximum atomic E-state index is 13.1.